The zero-order valence-corrected chi connectivity index (χ0v) is 14.1. The molecule has 0 bridgehead atoms. The van der Waals surface area contributed by atoms with E-state index in [9.17, 15) is 23.5 Å². The fourth-order valence-electron chi connectivity index (χ4n) is 3.89. The van der Waals surface area contributed by atoms with Crippen molar-refractivity contribution in [1.29, 1.82) is 0 Å². The molecule has 0 atom stereocenters. The molecular weight excluding hydrogens is 328 g/mol. The number of piperidine rings is 1. The molecule has 136 valence electrons. The van der Waals surface area contributed by atoms with Crippen LogP contribution in [0.4, 0.5) is 8.78 Å². The van der Waals surface area contributed by atoms with Crippen LogP contribution in [-0.4, -0.2) is 40.9 Å². The van der Waals surface area contributed by atoms with Crippen molar-refractivity contribution in [2.75, 3.05) is 13.1 Å². The molecule has 0 spiro atoms. The van der Waals surface area contributed by atoms with Gasteiger partial charge in [-0.25, -0.2) is 13.6 Å². The minimum atomic E-state index is -2.87. The molecule has 1 aromatic carbocycles. The highest BCUT2D eigenvalue weighted by atomic mass is 19.3. The number of hydrogen-bond donors (Lipinski definition) is 1. The zero-order chi connectivity index (χ0) is 18.0. The zero-order valence-electron chi connectivity index (χ0n) is 14.1. The minimum Gasteiger partial charge on any atom is -0.478 e. The standard InChI is InChI=1S/C19H23F2NO3/c20-19(21)7-4-8-22(12-19)17(23)15-9-14(10-16(11-15)18(24)25)13-5-2-1-3-6-13/h9-11,13H,1-8,12H2,(H,24,25). The molecule has 6 heteroatoms. The monoisotopic (exact) mass is 351 g/mol. The summed E-state index contributed by atoms with van der Waals surface area (Å²) in [5.41, 5.74) is 1.10. The first-order valence-electron chi connectivity index (χ1n) is 8.91. The normalized spacial score (nSPS) is 21.1. The van der Waals surface area contributed by atoms with Crippen LogP contribution in [0, 0.1) is 0 Å². The number of rotatable bonds is 3. The van der Waals surface area contributed by atoms with E-state index >= 15 is 0 Å². The van der Waals surface area contributed by atoms with Crippen LogP contribution in [0.2, 0.25) is 0 Å². The van der Waals surface area contributed by atoms with Gasteiger partial charge in [0.1, 0.15) is 0 Å². The molecule has 2 aliphatic rings. The van der Waals surface area contributed by atoms with Crippen molar-refractivity contribution < 1.29 is 23.5 Å². The average molecular weight is 351 g/mol. The molecule has 2 fully saturated rings. The molecule has 0 aromatic heterocycles. The highest BCUT2D eigenvalue weighted by Gasteiger charge is 2.37. The maximum Gasteiger partial charge on any atom is 0.335 e. The van der Waals surface area contributed by atoms with E-state index in [2.05, 4.69) is 0 Å². The van der Waals surface area contributed by atoms with Crippen LogP contribution in [0.3, 0.4) is 0 Å². The SMILES string of the molecule is O=C(O)c1cc(C(=O)N2CCCC(F)(F)C2)cc(C2CCCCC2)c1. The Morgan fingerprint density at radius 2 is 1.72 bits per heavy atom. The summed E-state index contributed by atoms with van der Waals surface area (Å²) < 4.78 is 27.2. The summed E-state index contributed by atoms with van der Waals surface area (Å²) >= 11 is 0. The summed E-state index contributed by atoms with van der Waals surface area (Å²) in [7, 11) is 0. The van der Waals surface area contributed by atoms with Gasteiger partial charge in [-0.2, -0.15) is 0 Å². The largest absolute Gasteiger partial charge is 0.478 e. The van der Waals surface area contributed by atoms with E-state index in [0.717, 1.165) is 36.1 Å². The van der Waals surface area contributed by atoms with E-state index in [-0.39, 0.29) is 36.4 Å². The van der Waals surface area contributed by atoms with E-state index in [4.69, 9.17) is 0 Å². The van der Waals surface area contributed by atoms with Gasteiger partial charge in [0.05, 0.1) is 12.1 Å². The van der Waals surface area contributed by atoms with Gasteiger partial charge in [-0.15, -0.1) is 0 Å². The van der Waals surface area contributed by atoms with Gasteiger partial charge in [0.25, 0.3) is 11.8 Å². The maximum absolute atomic E-state index is 13.6. The molecule has 1 saturated heterocycles. The Balaban J connectivity index is 1.90. The first-order valence-corrected chi connectivity index (χ1v) is 8.91. The van der Waals surface area contributed by atoms with Crippen molar-refractivity contribution in [2.24, 2.45) is 0 Å². The summed E-state index contributed by atoms with van der Waals surface area (Å²) in [5.74, 6) is -4.23. The number of halogens is 2. The number of nitrogens with zero attached hydrogens (tertiary/aromatic N) is 1. The van der Waals surface area contributed by atoms with Crippen LogP contribution in [0.25, 0.3) is 0 Å². The third kappa shape index (κ3) is 4.17. The number of hydrogen-bond acceptors (Lipinski definition) is 2. The molecule has 1 aliphatic heterocycles. The first kappa shape index (κ1) is 17.8. The van der Waals surface area contributed by atoms with Gasteiger partial charge in [0.2, 0.25) is 0 Å². The highest BCUT2D eigenvalue weighted by molar-refractivity contribution is 5.98. The topological polar surface area (TPSA) is 57.6 Å². The van der Waals surface area contributed by atoms with E-state index in [1.807, 2.05) is 0 Å². The fourth-order valence-corrected chi connectivity index (χ4v) is 3.89. The molecular formula is C19H23F2NO3. The van der Waals surface area contributed by atoms with Gasteiger partial charge >= 0.3 is 5.97 Å². The van der Waals surface area contributed by atoms with Crippen LogP contribution in [0.15, 0.2) is 18.2 Å². The van der Waals surface area contributed by atoms with Crippen LogP contribution in [0.5, 0.6) is 0 Å². The predicted molar refractivity (Wildman–Crippen MR) is 89.3 cm³/mol. The molecule has 1 heterocycles. The van der Waals surface area contributed by atoms with Gasteiger partial charge in [-0.05, 0) is 48.9 Å². The number of carbonyl (C=O) groups excluding carboxylic acids is 1. The minimum absolute atomic E-state index is 0.0511. The van der Waals surface area contributed by atoms with Crippen molar-refractivity contribution in [3.8, 4) is 0 Å². The summed E-state index contributed by atoms with van der Waals surface area (Å²) in [6, 6.07) is 4.64. The summed E-state index contributed by atoms with van der Waals surface area (Å²) in [6.07, 6.45) is 5.33. The van der Waals surface area contributed by atoms with Crippen LogP contribution in [-0.2, 0) is 0 Å². The number of carboxylic acid groups (broad SMARTS) is 1. The van der Waals surface area contributed by atoms with Gasteiger partial charge in [0, 0.05) is 18.5 Å². The number of aromatic carboxylic acids is 1. The number of likely N-dealkylation sites (tertiary alicyclic amines) is 1. The van der Waals surface area contributed by atoms with Gasteiger partial charge < -0.3 is 10.0 Å². The molecule has 25 heavy (non-hydrogen) atoms. The first-order chi connectivity index (χ1) is 11.9. The molecule has 1 aromatic rings. The third-order valence-corrected chi connectivity index (χ3v) is 5.21. The second-order valence-electron chi connectivity index (χ2n) is 7.17. The number of amides is 1. The van der Waals surface area contributed by atoms with E-state index in [0.29, 0.717) is 0 Å². The highest BCUT2D eigenvalue weighted by Crippen LogP contribution is 2.34. The lowest BCUT2D eigenvalue weighted by Crippen LogP contribution is -2.45. The molecule has 1 amide bonds. The molecule has 1 N–H and O–H groups in total. The Hall–Kier alpha value is -1.98. The number of carbonyl (C=O) groups is 2. The summed E-state index contributed by atoms with van der Waals surface area (Å²) in [4.78, 5) is 25.3. The maximum atomic E-state index is 13.6. The summed E-state index contributed by atoms with van der Waals surface area (Å²) in [5, 5.41) is 9.36. The Labute approximate surface area is 145 Å². The Bertz CT molecular complexity index is 669. The van der Waals surface area contributed by atoms with Crippen LogP contribution < -0.4 is 0 Å². The Morgan fingerprint density at radius 3 is 2.36 bits per heavy atom. The van der Waals surface area contributed by atoms with Crippen molar-refractivity contribution in [1.82, 2.24) is 4.90 Å². The lowest BCUT2D eigenvalue weighted by Gasteiger charge is -2.32. The average Bonchev–Trinajstić information content (AvgIpc) is 2.60. The van der Waals surface area contributed by atoms with E-state index in [1.165, 1.54) is 12.5 Å². The van der Waals surface area contributed by atoms with Crippen molar-refractivity contribution in [2.45, 2.75) is 56.8 Å². The molecule has 1 aliphatic carbocycles. The second-order valence-corrected chi connectivity index (χ2v) is 7.17. The molecule has 3 rings (SSSR count). The molecule has 1 saturated carbocycles. The quantitative estimate of drug-likeness (QED) is 0.883. The number of carboxylic acids is 1. The fraction of sp³-hybridized carbons (Fsp3) is 0.579. The lowest BCUT2D eigenvalue weighted by atomic mass is 9.83. The summed E-state index contributed by atoms with van der Waals surface area (Å²) in [6.45, 7) is -0.313. The van der Waals surface area contributed by atoms with Gasteiger partial charge in [0.15, 0.2) is 0 Å². The van der Waals surface area contributed by atoms with Crippen molar-refractivity contribution in [3.05, 3.63) is 34.9 Å². The van der Waals surface area contributed by atoms with Crippen molar-refractivity contribution >= 4 is 11.9 Å². The van der Waals surface area contributed by atoms with Gasteiger partial charge in [-0.3, -0.25) is 4.79 Å². The predicted octanol–water partition coefficient (Wildman–Crippen LogP) is 4.30. The Kier molecular flexibility index (Phi) is 5.06. The number of alkyl halides is 2. The van der Waals surface area contributed by atoms with E-state index < -0.39 is 24.3 Å². The third-order valence-electron chi connectivity index (χ3n) is 5.21. The lowest BCUT2D eigenvalue weighted by molar-refractivity contribution is -0.0560. The molecule has 0 unspecified atom stereocenters. The van der Waals surface area contributed by atoms with Crippen LogP contribution >= 0.6 is 0 Å². The van der Waals surface area contributed by atoms with Crippen molar-refractivity contribution in [3.63, 3.8) is 0 Å². The second kappa shape index (κ2) is 7.10. The van der Waals surface area contributed by atoms with Gasteiger partial charge in [-0.1, -0.05) is 19.3 Å². The Morgan fingerprint density at radius 1 is 1.04 bits per heavy atom. The van der Waals surface area contributed by atoms with Crippen LogP contribution in [0.1, 0.15) is 77.1 Å². The molecule has 4 nitrogen and oxygen atoms in total. The molecule has 0 radical (unpaired) electrons. The van der Waals surface area contributed by atoms with E-state index in [1.54, 1.807) is 12.1 Å². The number of benzene rings is 1. The smallest absolute Gasteiger partial charge is 0.335 e.